The van der Waals surface area contributed by atoms with Crippen LogP contribution in [0, 0.1) is 5.82 Å². The van der Waals surface area contributed by atoms with E-state index in [-0.39, 0.29) is 30.1 Å². The predicted octanol–water partition coefficient (Wildman–Crippen LogP) is 4.99. The zero-order valence-electron chi connectivity index (χ0n) is 17.2. The van der Waals surface area contributed by atoms with Crippen molar-refractivity contribution in [3.63, 3.8) is 0 Å². The number of benzene rings is 2. The largest absolute Gasteiger partial charge is 0.482 e. The first kappa shape index (κ1) is 23.4. The van der Waals surface area contributed by atoms with Gasteiger partial charge in [-0.3, -0.25) is 9.59 Å². The van der Waals surface area contributed by atoms with Crippen LogP contribution in [0.4, 0.5) is 4.39 Å². The van der Waals surface area contributed by atoms with E-state index in [1.54, 1.807) is 37.3 Å². The van der Waals surface area contributed by atoms with E-state index in [2.05, 4.69) is 5.32 Å². The molecule has 0 spiro atoms. The molecule has 0 unspecified atom stereocenters. The fourth-order valence-electron chi connectivity index (χ4n) is 3.60. The van der Waals surface area contributed by atoms with E-state index in [0.717, 1.165) is 25.7 Å². The second-order valence-corrected chi connectivity index (χ2v) is 8.49. The van der Waals surface area contributed by atoms with Crippen LogP contribution < -0.4 is 10.1 Å². The average Bonchev–Trinajstić information content (AvgIpc) is 3.25. The molecule has 31 heavy (non-hydrogen) atoms. The van der Waals surface area contributed by atoms with E-state index in [4.69, 9.17) is 27.9 Å². The van der Waals surface area contributed by atoms with Gasteiger partial charge in [0.25, 0.3) is 5.91 Å². The second-order valence-electron chi connectivity index (χ2n) is 7.64. The van der Waals surface area contributed by atoms with Crippen molar-refractivity contribution < 1.29 is 18.7 Å². The smallest absolute Gasteiger partial charge is 0.261 e. The van der Waals surface area contributed by atoms with Crippen LogP contribution >= 0.6 is 23.2 Å². The number of amides is 2. The third-order valence-corrected chi connectivity index (χ3v) is 5.94. The summed E-state index contributed by atoms with van der Waals surface area (Å²) in [6.07, 6.45) is 4.01. The van der Waals surface area contributed by atoms with Crippen molar-refractivity contribution in [3.8, 4) is 5.75 Å². The van der Waals surface area contributed by atoms with Gasteiger partial charge in [-0.05, 0) is 44.0 Å². The summed E-state index contributed by atoms with van der Waals surface area (Å²) in [7, 11) is 0. The number of hydrogen-bond acceptors (Lipinski definition) is 3. The first-order valence-electron chi connectivity index (χ1n) is 10.3. The van der Waals surface area contributed by atoms with Crippen LogP contribution in [-0.4, -0.2) is 35.4 Å². The molecule has 0 aliphatic heterocycles. The molecule has 2 amide bonds. The molecule has 1 saturated carbocycles. The molecule has 1 atom stereocenters. The van der Waals surface area contributed by atoms with Gasteiger partial charge in [0.2, 0.25) is 5.91 Å². The normalized spacial score (nSPS) is 14.8. The quantitative estimate of drug-likeness (QED) is 0.596. The molecule has 0 bridgehead atoms. The lowest BCUT2D eigenvalue weighted by atomic mass is 10.1. The third kappa shape index (κ3) is 6.34. The molecule has 1 aliphatic carbocycles. The molecule has 166 valence electrons. The van der Waals surface area contributed by atoms with Gasteiger partial charge in [-0.25, -0.2) is 4.39 Å². The molecule has 0 saturated heterocycles. The number of carbonyl (C=O) groups is 2. The van der Waals surface area contributed by atoms with Crippen LogP contribution in [0.15, 0.2) is 42.5 Å². The van der Waals surface area contributed by atoms with Gasteiger partial charge < -0.3 is 15.0 Å². The van der Waals surface area contributed by atoms with E-state index >= 15 is 0 Å². The van der Waals surface area contributed by atoms with Gasteiger partial charge in [0.1, 0.15) is 17.6 Å². The lowest BCUT2D eigenvalue weighted by molar-refractivity contribution is -0.142. The number of nitrogens with zero attached hydrogens (tertiary/aromatic N) is 1. The average molecular weight is 467 g/mol. The van der Waals surface area contributed by atoms with Crippen LogP contribution in [-0.2, 0) is 16.1 Å². The van der Waals surface area contributed by atoms with Crippen LogP contribution in [0.1, 0.15) is 38.2 Å². The van der Waals surface area contributed by atoms with Crippen LogP contribution in [0.25, 0.3) is 0 Å². The van der Waals surface area contributed by atoms with Crippen LogP contribution in [0.3, 0.4) is 0 Å². The van der Waals surface area contributed by atoms with Crippen molar-refractivity contribution in [1.82, 2.24) is 10.2 Å². The first-order valence-corrected chi connectivity index (χ1v) is 11.0. The summed E-state index contributed by atoms with van der Waals surface area (Å²) >= 11 is 12.0. The van der Waals surface area contributed by atoms with E-state index in [0.29, 0.717) is 16.3 Å². The summed E-state index contributed by atoms with van der Waals surface area (Å²) in [6.45, 7) is 1.23. The Labute approximate surface area is 191 Å². The molecule has 0 radical (unpaired) electrons. The molecule has 8 heteroatoms. The number of hydrogen-bond donors (Lipinski definition) is 1. The molecular weight excluding hydrogens is 442 g/mol. The number of rotatable bonds is 8. The van der Waals surface area contributed by atoms with Crippen LogP contribution in [0.2, 0.25) is 10.0 Å². The fourth-order valence-corrected chi connectivity index (χ4v) is 4.06. The topological polar surface area (TPSA) is 58.6 Å². The fraction of sp³-hybridized carbons (Fsp3) is 0.391. The van der Waals surface area contributed by atoms with Crippen molar-refractivity contribution in [2.45, 2.75) is 51.2 Å². The van der Waals surface area contributed by atoms with Crippen molar-refractivity contribution in [2.24, 2.45) is 0 Å². The number of halogens is 3. The Bertz CT molecular complexity index is 935. The maximum Gasteiger partial charge on any atom is 0.261 e. The maximum absolute atomic E-state index is 14.2. The monoisotopic (exact) mass is 466 g/mol. The molecule has 5 nitrogen and oxygen atoms in total. The van der Waals surface area contributed by atoms with Crippen molar-refractivity contribution >= 4 is 35.0 Å². The molecule has 1 fully saturated rings. The predicted molar refractivity (Wildman–Crippen MR) is 119 cm³/mol. The molecule has 2 aromatic carbocycles. The number of carbonyl (C=O) groups excluding carboxylic acids is 2. The standard InChI is InChI=1S/C23H25Cl2FN2O3/c1-15(23(30)27-18-7-3-4-8-18)28(13-16-6-2-5-9-20(16)26)22(29)14-31-21-11-10-17(24)12-19(21)25/h2,5-6,9-12,15,18H,3-4,7-8,13-14H2,1H3,(H,27,30)/t15-/m1/s1. The van der Waals surface area contributed by atoms with E-state index in [9.17, 15) is 14.0 Å². The third-order valence-electron chi connectivity index (χ3n) is 5.41. The summed E-state index contributed by atoms with van der Waals surface area (Å²) in [5.41, 5.74) is 0.320. The number of nitrogens with one attached hydrogen (secondary N) is 1. The molecule has 1 aliphatic rings. The van der Waals surface area contributed by atoms with Crippen molar-refractivity contribution in [3.05, 3.63) is 63.9 Å². The minimum Gasteiger partial charge on any atom is -0.482 e. The Hall–Kier alpha value is -2.31. The molecule has 1 N–H and O–H groups in total. The lowest BCUT2D eigenvalue weighted by Crippen LogP contribution is -2.50. The highest BCUT2D eigenvalue weighted by Crippen LogP contribution is 2.27. The summed E-state index contributed by atoms with van der Waals surface area (Å²) in [5, 5.41) is 3.72. The van der Waals surface area contributed by atoms with Gasteiger partial charge in [0.05, 0.1) is 5.02 Å². The Morgan fingerprint density at radius 2 is 1.90 bits per heavy atom. The first-order chi connectivity index (χ1) is 14.8. The highest BCUT2D eigenvalue weighted by atomic mass is 35.5. The maximum atomic E-state index is 14.2. The highest BCUT2D eigenvalue weighted by Gasteiger charge is 2.29. The Balaban J connectivity index is 1.74. The summed E-state index contributed by atoms with van der Waals surface area (Å²) in [6, 6.07) is 10.2. The zero-order valence-corrected chi connectivity index (χ0v) is 18.8. The minimum absolute atomic E-state index is 0.0531. The Morgan fingerprint density at radius 1 is 1.19 bits per heavy atom. The summed E-state index contributed by atoms with van der Waals surface area (Å²) < 4.78 is 19.8. The molecule has 0 heterocycles. The minimum atomic E-state index is -0.794. The Kier molecular flexibility index (Phi) is 8.15. The highest BCUT2D eigenvalue weighted by molar-refractivity contribution is 6.35. The molecule has 2 aromatic rings. The molecular formula is C23H25Cl2FN2O3. The zero-order chi connectivity index (χ0) is 22.4. The van der Waals surface area contributed by atoms with Gasteiger partial charge in [-0.1, -0.05) is 54.2 Å². The van der Waals surface area contributed by atoms with Crippen LogP contribution in [0.5, 0.6) is 5.75 Å². The van der Waals surface area contributed by atoms with E-state index in [1.165, 1.54) is 17.0 Å². The van der Waals surface area contributed by atoms with E-state index < -0.39 is 17.8 Å². The summed E-state index contributed by atoms with van der Waals surface area (Å²) in [5.74, 6) is -0.858. The molecule has 0 aromatic heterocycles. The van der Waals surface area contributed by atoms with Gasteiger partial charge in [0, 0.05) is 23.2 Å². The van der Waals surface area contributed by atoms with E-state index in [1.807, 2.05) is 0 Å². The van der Waals surface area contributed by atoms with Crippen molar-refractivity contribution in [2.75, 3.05) is 6.61 Å². The van der Waals surface area contributed by atoms with Gasteiger partial charge >= 0.3 is 0 Å². The summed E-state index contributed by atoms with van der Waals surface area (Å²) in [4.78, 5) is 27.2. The second kappa shape index (κ2) is 10.8. The van der Waals surface area contributed by atoms with Gasteiger partial charge in [-0.15, -0.1) is 0 Å². The SMILES string of the molecule is C[C@H](C(=O)NC1CCCC1)N(Cc1ccccc1F)C(=O)COc1ccc(Cl)cc1Cl. The lowest BCUT2D eigenvalue weighted by Gasteiger charge is -2.29. The molecule has 3 rings (SSSR count). The van der Waals surface area contributed by atoms with Gasteiger partial charge in [0.15, 0.2) is 6.61 Å². The Morgan fingerprint density at radius 3 is 2.58 bits per heavy atom. The van der Waals surface area contributed by atoms with Gasteiger partial charge in [-0.2, -0.15) is 0 Å². The van der Waals surface area contributed by atoms with Crippen molar-refractivity contribution in [1.29, 1.82) is 0 Å². The number of ether oxygens (including phenoxy) is 1.